The minimum atomic E-state index is -0.154. The van der Waals surface area contributed by atoms with E-state index in [0.29, 0.717) is 11.4 Å². The molecule has 5 heteroatoms. The highest BCUT2D eigenvalue weighted by Gasteiger charge is 2.15. The van der Waals surface area contributed by atoms with Gasteiger partial charge in [0.15, 0.2) is 0 Å². The number of hydrogen-bond acceptors (Lipinski definition) is 3. The van der Waals surface area contributed by atoms with Crippen LogP contribution in [0.1, 0.15) is 18.1 Å². The Morgan fingerprint density at radius 3 is 2.78 bits per heavy atom. The van der Waals surface area contributed by atoms with E-state index in [1.54, 1.807) is 18.9 Å². The van der Waals surface area contributed by atoms with E-state index in [4.69, 9.17) is 4.74 Å². The van der Waals surface area contributed by atoms with Gasteiger partial charge in [0.1, 0.15) is 5.75 Å². The van der Waals surface area contributed by atoms with E-state index in [9.17, 15) is 4.79 Å². The van der Waals surface area contributed by atoms with Crippen LogP contribution in [0.15, 0.2) is 46.9 Å². The third kappa shape index (κ3) is 5.29. The first-order chi connectivity index (χ1) is 11.0. The average molecular weight is 394 g/mol. The highest BCUT2D eigenvalue weighted by molar-refractivity contribution is 9.10. The van der Waals surface area contributed by atoms with Gasteiger partial charge in [0.2, 0.25) is 5.91 Å². The van der Waals surface area contributed by atoms with Crippen LogP contribution in [-0.4, -0.2) is 18.3 Å². The molecule has 0 aromatic heterocycles. The van der Waals surface area contributed by atoms with Gasteiger partial charge in [0.25, 0.3) is 0 Å². The quantitative estimate of drug-likeness (QED) is 0.747. The van der Waals surface area contributed by atoms with E-state index in [1.165, 1.54) is 5.56 Å². The molecule has 1 amide bonds. The van der Waals surface area contributed by atoms with Crippen molar-refractivity contribution in [2.24, 2.45) is 0 Å². The largest absolute Gasteiger partial charge is 0.495 e. The predicted molar refractivity (Wildman–Crippen MR) is 101 cm³/mol. The highest BCUT2D eigenvalue weighted by atomic mass is 79.9. The number of rotatable bonds is 6. The van der Waals surface area contributed by atoms with Crippen LogP contribution in [0.5, 0.6) is 5.75 Å². The number of nitrogens with one attached hydrogen (secondary N) is 1. The zero-order valence-electron chi connectivity index (χ0n) is 13.4. The SMILES string of the molecule is COc1ccc(C)cc1NC(=O)C(C)SCc1cccc(Br)c1. The van der Waals surface area contributed by atoms with Crippen molar-refractivity contribution in [2.45, 2.75) is 24.9 Å². The molecule has 0 spiro atoms. The normalized spacial score (nSPS) is 11.8. The standard InChI is InChI=1S/C18H20BrNO2S/c1-12-7-8-17(22-3)16(9-12)20-18(21)13(2)23-11-14-5-4-6-15(19)10-14/h4-10,13H,11H2,1-3H3,(H,20,21). The number of ether oxygens (including phenoxy) is 1. The molecule has 2 rings (SSSR count). The third-order valence-electron chi connectivity index (χ3n) is 3.37. The summed E-state index contributed by atoms with van der Waals surface area (Å²) < 4.78 is 6.35. The van der Waals surface area contributed by atoms with E-state index < -0.39 is 0 Å². The lowest BCUT2D eigenvalue weighted by atomic mass is 10.2. The number of thioether (sulfide) groups is 1. The number of benzene rings is 2. The topological polar surface area (TPSA) is 38.3 Å². The second-order valence-electron chi connectivity index (χ2n) is 5.28. The average Bonchev–Trinajstić information content (AvgIpc) is 2.53. The summed E-state index contributed by atoms with van der Waals surface area (Å²) >= 11 is 5.07. The molecule has 122 valence electrons. The molecule has 23 heavy (non-hydrogen) atoms. The minimum absolute atomic E-state index is 0.0195. The van der Waals surface area contributed by atoms with Gasteiger partial charge in [0.05, 0.1) is 18.0 Å². The Morgan fingerprint density at radius 2 is 2.09 bits per heavy atom. The number of halogens is 1. The van der Waals surface area contributed by atoms with Crippen molar-refractivity contribution >= 4 is 39.3 Å². The molecule has 0 aliphatic carbocycles. The molecule has 0 aliphatic heterocycles. The first kappa shape index (κ1) is 17.9. The van der Waals surface area contributed by atoms with Gasteiger partial charge in [-0.1, -0.05) is 34.1 Å². The molecule has 1 unspecified atom stereocenters. The fourth-order valence-corrected chi connectivity index (χ4v) is 3.36. The summed E-state index contributed by atoms with van der Waals surface area (Å²) in [4.78, 5) is 12.4. The van der Waals surface area contributed by atoms with Crippen LogP contribution >= 0.6 is 27.7 Å². The van der Waals surface area contributed by atoms with Crippen molar-refractivity contribution in [3.63, 3.8) is 0 Å². The van der Waals surface area contributed by atoms with E-state index in [0.717, 1.165) is 15.8 Å². The third-order valence-corrected chi connectivity index (χ3v) is 5.08. The second kappa shape index (κ2) is 8.41. The summed E-state index contributed by atoms with van der Waals surface area (Å²) in [5.41, 5.74) is 2.99. The summed E-state index contributed by atoms with van der Waals surface area (Å²) in [5.74, 6) is 1.45. The Kier molecular flexibility index (Phi) is 6.54. The van der Waals surface area contributed by atoms with Gasteiger partial charge in [-0.2, -0.15) is 0 Å². The second-order valence-corrected chi connectivity index (χ2v) is 7.52. The molecule has 0 saturated carbocycles. The lowest BCUT2D eigenvalue weighted by molar-refractivity contribution is -0.115. The van der Waals surface area contributed by atoms with Gasteiger partial charge in [-0.3, -0.25) is 4.79 Å². The Morgan fingerprint density at radius 1 is 1.30 bits per heavy atom. The number of amides is 1. The van der Waals surface area contributed by atoms with Gasteiger partial charge in [-0.05, 0) is 49.2 Å². The van der Waals surface area contributed by atoms with E-state index in [-0.39, 0.29) is 11.2 Å². The summed E-state index contributed by atoms with van der Waals surface area (Å²) in [6.07, 6.45) is 0. The fraction of sp³-hybridized carbons (Fsp3) is 0.278. The lowest BCUT2D eigenvalue weighted by Crippen LogP contribution is -2.23. The Bertz CT molecular complexity index is 690. The van der Waals surface area contributed by atoms with Crippen molar-refractivity contribution in [3.8, 4) is 5.75 Å². The summed E-state index contributed by atoms with van der Waals surface area (Å²) in [6.45, 7) is 3.90. The van der Waals surface area contributed by atoms with Crippen molar-refractivity contribution < 1.29 is 9.53 Å². The van der Waals surface area contributed by atoms with Crippen LogP contribution in [0.4, 0.5) is 5.69 Å². The van der Waals surface area contributed by atoms with Crippen LogP contribution in [-0.2, 0) is 10.5 Å². The molecule has 1 N–H and O–H groups in total. The number of hydrogen-bond donors (Lipinski definition) is 1. The number of carbonyl (C=O) groups excluding carboxylic acids is 1. The fourth-order valence-electron chi connectivity index (χ4n) is 2.08. The highest BCUT2D eigenvalue weighted by Crippen LogP contribution is 2.27. The minimum Gasteiger partial charge on any atom is -0.495 e. The Balaban J connectivity index is 1.96. The smallest absolute Gasteiger partial charge is 0.237 e. The molecule has 0 radical (unpaired) electrons. The monoisotopic (exact) mass is 393 g/mol. The predicted octanol–water partition coefficient (Wildman–Crippen LogP) is 5.03. The maximum absolute atomic E-state index is 12.4. The van der Waals surface area contributed by atoms with Crippen molar-refractivity contribution in [1.82, 2.24) is 0 Å². The molecule has 2 aromatic carbocycles. The van der Waals surface area contributed by atoms with Crippen molar-refractivity contribution in [1.29, 1.82) is 0 Å². The molecular formula is C18H20BrNO2S. The molecule has 0 fully saturated rings. The van der Waals surface area contributed by atoms with Crippen LogP contribution in [0.25, 0.3) is 0 Å². The molecule has 3 nitrogen and oxygen atoms in total. The van der Waals surface area contributed by atoms with E-state index >= 15 is 0 Å². The van der Waals surface area contributed by atoms with Crippen molar-refractivity contribution in [2.75, 3.05) is 12.4 Å². The molecule has 0 bridgehead atoms. The summed E-state index contributed by atoms with van der Waals surface area (Å²) in [5, 5.41) is 2.80. The van der Waals surface area contributed by atoms with Crippen LogP contribution < -0.4 is 10.1 Å². The molecule has 2 aromatic rings. The van der Waals surface area contributed by atoms with Gasteiger partial charge >= 0.3 is 0 Å². The first-order valence-corrected chi connectivity index (χ1v) is 9.15. The Labute approximate surface area is 149 Å². The summed E-state index contributed by atoms with van der Waals surface area (Å²) in [6, 6.07) is 13.9. The van der Waals surface area contributed by atoms with Gasteiger partial charge in [0, 0.05) is 10.2 Å². The van der Waals surface area contributed by atoms with Gasteiger partial charge in [-0.15, -0.1) is 11.8 Å². The van der Waals surface area contributed by atoms with E-state index in [2.05, 4.69) is 33.4 Å². The number of carbonyl (C=O) groups is 1. The maximum atomic E-state index is 12.4. The molecule has 0 heterocycles. The van der Waals surface area contributed by atoms with Crippen molar-refractivity contribution in [3.05, 3.63) is 58.1 Å². The zero-order chi connectivity index (χ0) is 16.8. The lowest BCUT2D eigenvalue weighted by Gasteiger charge is -2.15. The van der Waals surface area contributed by atoms with Crippen LogP contribution in [0.3, 0.4) is 0 Å². The number of anilines is 1. The van der Waals surface area contributed by atoms with Crippen LogP contribution in [0, 0.1) is 6.92 Å². The summed E-state index contributed by atoms with van der Waals surface area (Å²) in [7, 11) is 1.60. The number of aryl methyl sites for hydroxylation is 1. The van der Waals surface area contributed by atoms with E-state index in [1.807, 2.05) is 44.2 Å². The number of methoxy groups -OCH3 is 1. The molecule has 0 saturated heterocycles. The molecule has 0 aliphatic rings. The maximum Gasteiger partial charge on any atom is 0.237 e. The Hall–Kier alpha value is -1.46. The van der Waals surface area contributed by atoms with Gasteiger partial charge in [-0.25, -0.2) is 0 Å². The zero-order valence-corrected chi connectivity index (χ0v) is 15.8. The molecule has 1 atom stereocenters. The van der Waals surface area contributed by atoms with Crippen LogP contribution in [0.2, 0.25) is 0 Å². The first-order valence-electron chi connectivity index (χ1n) is 7.31. The molecular weight excluding hydrogens is 374 g/mol. The van der Waals surface area contributed by atoms with Gasteiger partial charge < -0.3 is 10.1 Å².